The summed E-state index contributed by atoms with van der Waals surface area (Å²) < 4.78 is 0. The van der Waals surface area contributed by atoms with Gasteiger partial charge in [0.2, 0.25) is 5.91 Å². The highest BCUT2D eigenvalue weighted by Crippen LogP contribution is 2.24. The van der Waals surface area contributed by atoms with E-state index < -0.39 is 11.9 Å². The highest BCUT2D eigenvalue weighted by molar-refractivity contribution is 5.88. The van der Waals surface area contributed by atoms with E-state index in [1.54, 1.807) is 12.2 Å². The Hall–Kier alpha value is -1.58. The first-order chi connectivity index (χ1) is 8.15. The molecule has 0 spiro atoms. The van der Waals surface area contributed by atoms with Crippen LogP contribution in [-0.4, -0.2) is 23.0 Å². The van der Waals surface area contributed by atoms with Crippen LogP contribution >= 0.6 is 0 Å². The molecular formula is C13H19NO3. The number of hydrogen-bond donors (Lipinski definition) is 2. The molecule has 1 rings (SSSR count). The van der Waals surface area contributed by atoms with Gasteiger partial charge in [-0.1, -0.05) is 31.1 Å². The first kappa shape index (κ1) is 13.5. The Kier molecular flexibility index (Phi) is 5.46. The second kappa shape index (κ2) is 6.89. The SMILES string of the molecule is CC=CC=CC(=O)NC1CCCCC1C(=O)O. The predicted molar refractivity (Wildman–Crippen MR) is 65.5 cm³/mol. The molecule has 2 N–H and O–H groups in total. The van der Waals surface area contributed by atoms with Crippen LogP contribution in [0.2, 0.25) is 0 Å². The van der Waals surface area contributed by atoms with Gasteiger partial charge in [-0.05, 0) is 19.8 Å². The highest BCUT2D eigenvalue weighted by Gasteiger charge is 2.31. The van der Waals surface area contributed by atoms with Gasteiger partial charge in [0, 0.05) is 12.1 Å². The average molecular weight is 237 g/mol. The van der Waals surface area contributed by atoms with Gasteiger partial charge in [0.1, 0.15) is 0 Å². The van der Waals surface area contributed by atoms with E-state index in [-0.39, 0.29) is 11.9 Å². The van der Waals surface area contributed by atoms with E-state index in [0.717, 1.165) is 19.3 Å². The summed E-state index contributed by atoms with van der Waals surface area (Å²) in [6, 6.07) is -0.232. The Bertz CT molecular complexity index is 334. The Morgan fingerprint density at radius 2 is 1.94 bits per heavy atom. The van der Waals surface area contributed by atoms with Crippen molar-refractivity contribution in [2.45, 2.75) is 38.6 Å². The van der Waals surface area contributed by atoms with Gasteiger partial charge in [0.25, 0.3) is 0 Å². The number of hydrogen-bond acceptors (Lipinski definition) is 2. The van der Waals surface area contributed by atoms with Crippen LogP contribution in [0.15, 0.2) is 24.3 Å². The molecule has 94 valence electrons. The van der Waals surface area contributed by atoms with Gasteiger partial charge in [-0.2, -0.15) is 0 Å². The molecule has 17 heavy (non-hydrogen) atoms. The van der Waals surface area contributed by atoms with E-state index in [9.17, 15) is 9.59 Å². The molecule has 0 aromatic rings. The number of rotatable bonds is 4. The Morgan fingerprint density at radius 3 is 2.59 bits per heavy atom. The van der Waals surface area contributed by atoms with Crippen molar-refractivity contribution < 1.29 is 14.7 Å². The molecule has 1 saturated carbocycles. The molecule has 4 nitrogen and oxygen atoms in total. The van der Waals surface area contributed by atoms with Crippen LogP contribution in [-0.2, 0) is 9.59 Å². The maximum absolute atomic E-state index is 11.5. The van der Waals surface area contributed by atoms with E-state index in [4.69, 9.17) is 5.11 Å². The molecule has 1 aliphatic carbocycles. The molecule has 2 unspecified atom stereocenters. The van der Waals surface area contributed by atoms with Crippen LogP contribution in [0, 0.1) is 5.92 Å². The zero-order chi connectivity index (χ0) is 12.7. The fraction of sp³-hybridized carbons (Fsp3) is 0.538. The van der Waals surface area contributed by atoms with E-state index in [1.807, 2.05) is 13.0 Å². The van der Waals surface area contributed by atoms with Crippen LogP contribution in [0.1, 0.15) is 32.6 Å². The molecule has 0 aromatic heterocycles. The molecule has 2 atom stereocenters. The minimum absolute atomic E-state index is 0.221. The summed E-state index contributed by atoms with van der Waals surface area (Å²) in [5.74, 6) is -1.48. The third-order valence-electron chi connectivity index (χ3n) is 2.96. The summed E-state index contributed by atoms with van der Waals surface area (Å²) >= 11 is 0. The van der Waals surface area contributed by atoms with Crippen molar-refractivity contribution in [1.82, 2.24) is 5.32 Å². The van der Waals surface area contributed by atoms with Crippen LogP contribution in [0.25, 0.3) is 0 Å². The third kappa shape index (κ3) is 4.43. The Morgan fingerprint density at radius 1 is 1.24 bits per heavy atom. The Labute approximate surface area is 101 Å². The lowest BCUT2D eigenvalue weighted by Gasteiger charge is -2.28. The largest absolute Gasteiger partial charge is 0.481 e. The second-order valence-corrected chi connectivity index (χ2v) is 4.23. The first-order valence-electron chi connectivity index (χ1n) is 5.98. The van der Waals surface area contributed by atoms with Gasteiger partial charge in [0.15, 0.2) is 0 Å². The van der Waals surface area contributed by atoms with Crippen molar-refractivity contribution in [2.24, 2.45) is 5.92 Å². The summed E-state index contributed by atoms with van der Waals surface area (Å²) in [6.07, 6.45) is 9.96. The van der Waals surface area contributed by atoms with Crippen LogP contribution in [0.3, 0.4) is 0 Å². The number of nitrogens with one attached hydrogen (secondary N) is 1. The molecule has 0 radical (unpaired) electrons. The number of carboxylic acids is 1. The lowest BCUT2D eigenvalue weighted by atomic mass is 9.84. The van der Waals surface area contributed by atoms with Crippen molar-refractivity contribution in [1.29, 1.82) is 0 Å². The standard InChI is InChI=1S/C13H19NO3/c1-2-3-4-9-12(15)14-11-8-6-5-7-10(11)13(16)17/h2-4,9-11H,5-8H2,1H3,(H,14,15)(H,16,17). The molecule has 1 amide bonds. The van der Waals surface area contributed by atoms with Gasteiger partial charge in [-0.3, -0.25) is 9.59 Å². The Balaban J connectivity index is 2.53. The van der Waals surface area contributed by atoms with E-state index in [2.05, 4.69) is 5.32 Å². The number of aliphatic carboxylic acids is 1. The van der Waals surface area contributed by atoms with Crippen LogP contribution in [0.5, 0.6) is 0 Å². The van der Waals surface area contributed by atoms with Crippen molar-refractivity contribution in [2.75, 3.05) is 0 Å². The van der Waals surface area contributed by atoms with E-state index in [1.165, 1.54) is 6.08 Å². The van der Waals surface area contributed by atoms with Gasteiger partial charge >= 0.3 is 5.97 Å². The van der Waals surface area contributed by atoms with Gasteiger partial charge < -0.3 is 10.4 Å². The minimum Gasteiger partial charge on any atom is -0.481 e. The smallest absolute Gasteiger partial charge is 0.308 e. The zero-order valence-electron chi connectivity index (χ0n) is 10.1. The van der Waals surface area contributed by atoms with Gasteiger partial charge in [-0.25, -0.2) is 0 Å². The van der Waals surface area contributed by atoms with Crippen LogP contribution < -0.4 is 5.32 Å². The lowest BCUT2D eigenvalue weighted by Crippen LogP contribution is -2.44. The van der Waals surface area contributed by atoms with Crippen LogP contribution in [0.4, 0.5) is 0 Å². The monoisotopic (exact) mass is 237 g/mol. The van der Waals surface area contributed by atoms with Crippen molar-refractivity contribution >= 4 is 11.9 Å². The third-order valence-corrected chi connectivity index (χ3v) is 2.96. The van der Waals surface area contributed by atoms with Gasteiger partial charge in [-0.15, -0.1) is 0 Å². The number of allylic oxidation sites excluding steroid dienone is 3. The van der Waals surface area contributed by atoms with E-state index >= 15 is 0 Å². The number of carbonyl (C=O) groups is 2. The fourth-order valence-electron chi connectivity index (χ4n) is 2.08. The predicted octanol–water partition coefficient (Wildman–Crippen LogP) is 1.88. The maximum Gasteiger partial charge on any atom is 0.308 e. The molecule has 0 aromatic carbocycles. The number of amides is 1. The fourth-order valence-corrected chi connectivity index (χ4v) is 2.08. The molecule has 1 fully saturated rings. The number of carbonyl (C=O) groups excluding carboxylic acids is 1. The zero-order valence-corrected chi connectivity index (χ0v) is 10.1. The van der Waals surface area contributed by atoms with Crippen molar-refractivity contribution in [3.8, 4) is 0 Å². The molecule has 0 aliphatic heterocycles. The highest BCUT2D eigenvalue weighted by atomic mass is 16.4. The minimum atomic E-state index is -0.813. The van der Waals surface area contributed by atoms with Gasteiger partial charge in [0.05, 0.1) is 5.92 Å². The summed E-state index contributed by atoms with van der Waals surface area (Å²) in [6.45, 7) is 1.86. The van der Waals surface area contributed by atoms with Crippen molar-refractivity contribution in [3.63, 3.8) is 0 Å². The molecule has 0 saturated heterocycles. The normalized spacial score (nSPS) is 25.2. The maximum atomic E-state index is 11.5. The summed E-state index contributed by atoms with van der Waals surface area (Å²) in [5, 5.41) is 11.8. The molecule has 0 bridgehead atoms. The summed E-state index contributed by atoms with van der Waals surface area (Å²) in [4.78, 5) is 22.6. The molecule has 0 heterocycles. The molecule has 1 aliphatic rings. The molecule has 4 heteroatoms. The quantitative estimate of drug-likeness (QED) is 0.579. The van der Waals surface area contributed by atoms with E-state index in [0.29, 0.717) is 6.42 Å². The topological polar surface area (TPSA) is 66.4 Å². The first-order valence-corrected chi connectivity index (χ1v) is 5.98. The summed E-state index contributed by atoms with van der Waals surface area (Å²) in [5.41, 5.74) is 0. The number of carboxylic acid groups (broad SMARTS) is 1. The molecular weight excluding hydrogens is 218 g/mol. The summed E-state index contributed by atoms with van der Waals surface area (Å²) in [7, 11) is 0. The lowest BCUT2D eigenvalue weighted by molar-refractivity contribution is -0.144. The average Bonchev–Trinajstić information content (AvgIpc) is 2.29. The van der Waals surface area contributed by atoms with Crippen molar-refractivity contribution in [3.05, 3.63) is 24.3 Å². The second-order valence-electron chi connectivity index (χ2n) is 4.23.